The van der Waals surface area contributed by atoms with Crippen molar-refractivity contribution in [2.45, 2.75) is 20.3 Å². The minimum atomic E-state index is 0.403. The number of hydrogen-bond donors (Lipinski definition) is 1. The fourth-order valence-corrected chi connectivity index (χ4v) is 2.40. The first kappa shape index (κ1) is 13.4. The van der Waals surface area contributed by atoms with Crippen molar-refractivity contribution < 1.29 is 4.52 Å². The van der Waals surface area contributed by atoms with E-state index < -0.39 is 0 Å². The lowest BCUT2D eigenvalue weighted by atomic mass is 10.1. The Labute approximate surface area is 122 Å². The summed E-state index contributed by atoms with van der Waals surface area (Å²) in [6.45, 7) is 4.16. The van der Waals surface area contributed by atoms with Gasteiger partial charge in [0.25, 0.3) is 5.89 Å². The predicted octanol–water partition coefficient (Wildman–Crippen LogP) is 2.26. The smallest absolute Gasteiger partial charge is 0.263 e. The number of rotatable bonds is 3. The van der Waals surface area contributed by atoms with Crippen molar-refractivity contribution in [2.24, 2.45) is 7.05 Å². The fourth-order valence-electron chi connectivity index (χ4n) is 2.40. The summed E-state index contributed by atoms with van der Waals surface area (Å²) < 4.78 is 6.86. The van der Waals surface area contributed by atoms with Crippen molar-refractivity contribution in [1.82, 2.24) is 19.9 Å². The maximum absolute atomic E-state index is 5.91. The van der Waals surface area contributed by atoms with Crippen LogP contribution < -0.4 is 5.73 Å². The average Bonchev–Trinajstić information content (AvgIpc) is 2.97. The highest BCUT2D eigenvalue weighted by Gasteiger charge is 2.15. The molecule has 0 fully saturated rings. The predicted molar refractivity (Wildman–Crippen MR) is 79.6 cm³/mol. The van der Waals surface area contributed by atoms with Crippen molar-refractivity contribution in [3.63, 3.8) is 0 Å². The van der Waals surface area contributed by atoms with E-state index in [-0.39, 0.29) is 0 Å². The largest absolute Gasteiger partial charge is 0.383 e. The van der Waals surface area contributed by atoms with Crippen LogP contribution in [0.25, 0.3) is 11.5 Å². The van der Waals surface area contributed by atoms with Crippen molar-refractivity contribution in [3.8, 4) is 11.5 Å². The van der Waals surface area contributed by atoms with Gasteiger partial charge in [0.15, 0.2) is 5.82 Å². The molecule has 0 saturated heterocycles. The van der Waals surface area contributed by atoms with Crippen molar-refractivity contribution in [1.29, 1.82) is 0 Å². The van der Waals surface area contributed by atoms with E-state index in [1.165, 1.54) is 16.7 Å². The van der Waals surface area contributed by atoms with Crippen molar-refractivity contribution >= 4 is 5.82 Å². The Morgan fingerprint density at radius 2 is 1.90 bits per heavy atom. The number of nitrogens with zero attached hydrogens (tertiary/aromatic N) is 4. The lowest BCUT2D eigenvalue weighted by Crippen LogP contribution is -1.98. The zero-order chi connectivity index (χ0) is 15.0. The lowest BCUT2D eigenvalue weighted by Gasteiger charge is -2.01. The number of aromatic nitrogens is 4. The molecule has 0 saturated carbocycles. The van der Waals surface area contributed by atoms with Gasteiger partial charge in [-0.15, -0.1) is 0 Å². The van der Waals surface area contributed by atoms with E-state index >= 15 is 0 Å². The average molecular weight is 283 g/mol. The maximum atomic E-state index is 5.91. The van der Waals surface area contributed by atoms with Gasteiger partial charge in [-0.25, -0.2) is 0 Å². The van der Waals surface area contributed by atoms with E-state index in [0.717, 1.165) is 0 Å². The summed E-state index contributed by atoms with van der Waals surface area (Å²) in [6.07, 6.45) is 2.26. The molecular weight excluding hydrogens is 266 g/mol. The van der Waals surface area contributed by atoms with Crippen LogP contribution in [0.1, 0.15) is 22.5 Å². The van der Waals surface area contributed by atoms with Crippen LogP contribution in [-0.2, 0) is 13.5 Å². The number of anilines is 1. The minimum Gasteiger partial charge on any atom is -0.383 e. The number of nitrogens with two attached hydrogens (primary N) is 1. The van der Waals surface area contributed by atoms with E-state index in [4.69, 9.17) is 10.3 Å². The fraction of sp³-hybridized carbons (Fsp3) is 0.267. The van der Waals surface area contributed by atoms with Gasteiger partial charge in [-0.3, -0.25) is 4.68 Å². The van der Waals surface area contributed by atoms with Gasteiger partial charge >= 0.3 is 0 Å². The highest BCUT2D eigenvalue weighted by Crippen LogP contribution is 2.23. The van der Waals surface area contributed by atoms with Crippen LogP contribution in [0.3, 0.4) is 0 Å². The van der Waals surface area contributed by atoms with E-state index in [1.54, 1.807) is 17.9 Å². The van der Waals surface area contributed by atoms with Gasteiger partial charge in [-0.2, -0.15) is 10.1 Å². The molecule has 3 rings (SSSR count). The first-order valence-electron chi connectivity index (χ1n) is 6.70. The summed E-state index contributed by atoms with van der Waals surface area (Å²) in [5.74, 6) is 1.55. The minimum absolute atomic E-state index is 0.403. The Balaban J connectivity index is 1.87. The second-order valence-electron chi connectivity index (χ2n) is 5.26. The molecule has 2 heterocycles. The lowest BCUT2D eigenvalue weighted by molar-refractivity contribution is 0.424. The molecule has 21 heavy (non-hydrogen) atoms. The van der Waals surface area contributed by atoms with Crippen LogP contribution in [-0.4, -0.2) is 19.9 Å². The van der Waals surface area contributed by atoms with Crippen LogP contribution in [0.2, 0.25) is 0 Å². The number of aryl methyl sites for hydroxylation is 3. The monoisotopic (exact) mass is 283 g/mol. The van der Waals surface area contributed by atoms with Gasteiger partial charge < -0.3 is 10.3 Å². The van der Waals surface area contributed by atoms with Crippen molar-refractivity contribution in [2.75, 3.05) is 5.73 Å². The summed E-state index contributed by atoms with van der Waals surface area (Å²) >= 11 is 0. The molecule has 0 unspecified atom stereocenters. The topological polar surface area (TPSA) is 82.8 Å². The SMILES string of the molecule is Cc1cc(C)cc(Cc2noc(-c3cnn(C)c3N)n2)c1. The summed E-state index contributed by atoms with van der Waals surface area (Å²) in [7, 11) is 1.77. The molecule has 2 N–H and O–H groups in total. The second-order valence-corrected chi connectivity index (χ2v) is 5.26. The molecule has 0 aliphatic heterocycles. The van der Waals surface area contributed by atoms with Crippen LogP contribution in [0.4, 0.5) is 5.82 Å². The summed E-state index contributed by atoms with van der Waals surface area (Å²) in [5, 5.41) is 8.09. The maximum Gasteiger partial charge on any atom is 0.263 e. The van der Waals surface area contributed by atoms with E-state index in [1.807, 2.05) is 0 Å². The molecule has 0 aliphatic rings. The van der Waals surface area contributed by atoms with E-state index in [2.05, 4.69) is 47.3 Å². The van der Waals surface area contributed by atoms with Gasteiger partial charge in [-0.05, 0) is 19.4 Å². The van der Waals surface area contributed by atoms with Gasteiger partial charge in [0, 0.05) is 13.5 Å². The summed E-state index contributed by atoms with van der Waals surface area (Å²) in [5.41, 5.74) is 10.2. The Morgan fingerprint density at radius 3 is 2.52 bits per heavy atom. The van der Waals surface area contributed by atoms with Gasteiger partial charge in [0.2, 0.25) is 0 Å². The van der Waals surface area contributed by atoms with Crippen LogP contribution in [0.15, 0.2) is 28.9 Å². The zero-order valence-corrected chi connectivity index (χ0v) is 12.3. The third kappa shape index (κ3) is 2.65. The molecule has 0 atom stereocenters. The molecule has 0 aliphatic carbocycles. The van der Waals surface area contributed by atoms with E-state index in [9.17, 15) is 0 Å². The quantitative estimate of drug-likeness (QED) is 0.797. The van der Waals surface area contributed by atoms with Crippen LogP contribution >= 0.6 is 0 Å². The Morgan fingerprint density at radius 1 is 1.19 bits per heavy atom. The van der Waals surface area contributed by atoms with E-state index in [0.29, 0.717) is 29.5 Å². The molecule has 6 nitrogen and oxygen atoms in total. The molecule has 0 bridgehead atoms. The standard InChI is InChI=1S/C15H17N5O/c1-9-4-10(2)6-11(5-9)7-13-18-15(21-19-13)12-8-17-20(3)14(12)16/h4-6,8H,7,16H2,1-3H3. The molecule has 1 aromatic carbocycles. The first-order chi connectivity index (χ1) is 10.0. The number of benzene rings is 1. The van der Waals surface area contributed by atoms with Gasteiger partial charge in [0.1, 0.15) is 11.4 Å². The molecule has 0 spiro atoms. The van der Waals surface area contributed by atoms with Gasteiger partial charge in [-0.1, -0.05) is 34.5 Å². The third-order valence-electron chi connectivity index (χ3n) is 3.33. The van der Waals surface area contributed by atoms with Crippen LogP contribution in [0.5, 0.6) is 0 Å². The summed E-state index contributed by atoms with van der Waals surface area (Å²) in [4.78, 5) is 4.40. The summed E-state index contributed by atoms with van der Waals surface area (Å²) in [6, 6.07) is 6.39. The van der Waals surface area contributed by atoms with Gasteiger partial charge in [0.05, 0.1) is 6.20 Å². The Bertz CT molecular complexity index is 767. The first-order valence-corrected chi connectivity index (χ1v) is 6.70. The molecule has 0 radical (unpaired) electrons. The second kappa shape index (κ2) is 5.05. The number of nitrogen functional groups attached to an aromatic ring is 1. The highest BCUT2D eigenvalue weighted by atomic mass is 16.5. The zero-order valence-electron chi connectivity index (χ0n) is 12.3. The molecule has 3 aromatic rings. The third-order valence-corrected chi connectivity index (χ3v) is 3.33. The molecule has 6 heteroatoms. The Kier molecular flexibility index (Phi) is 3.21. The van der Waals surface area contributed by atoms with Crippen LogP contribution in [0, 0.1) is 13.8 Å². The Hall–Kier alpha value is -2.63. The highest BCUT2D eigenvalue weighted by molar-refractivity contribution is 5.66. The molecule has 2 aromatic heterocycles. The molecular formula is C15H17N5O. The van der Waals surface area contributed by atoms with Crippen molar-refractivity contribution in [3.05, 3.63) is 46.9 Å². The normalized spacial score (nSPS) is 11.0. The molecule has 108 valence electrons. The molecule has 0 amide bonds. The number of hydrogen-bond acceptors (Lipinski definition) is 5.